The predicted octanol–water partition coefficient (Wildman–Crippen LogP) is 1.48. The maximum atomic E-state index is 11.9. The van der Waals surface area contributed by atoms with Gasteiger partial charge in [0, 0.05) is 16.9 Å². The van der Waals surface area contributed by atoms with Gasteiger partial charge in [-0.15, -0.1) is 0 Å². The summed E-state index contributed by atoms with van der Waals surface area (Å²) in [6, 6.07) is 1.41. The molecule has 16 heavy (non-hydrogen) atoms. The van der Waals surface area contributed by atoms with E-state index in [2.05, 4.69) is 9.72 Å². The fourth-order valence-corrected chi connectivity index (χ4v) is 1.83. The van der Waals surface area contributed by atoms with Crippen molar-refractivity contribution in [2.75, 3.05) is 0 Å². The number of rotatable bonds is 3. The number of nitriles is 1. The van der Waals surface area contributed by atoms with Crippen molar-refractivity contribution < 1.29 is 21.9 Å². The quantitative estimate of drug-likeness (QED) is 0.776. The standard InChI is InChI=1S/C7H3ClF2N2O3S/c8-16(13,14)6-3-12-2-5(4(6)1-11)15-7(9)10/h2-3,7H. The number of halogens is 3. The fraction of sp³-hybridized carbons (Fsp3) is 0.143. The van der Waals surface area contributed by atoms with E-state index in [9.17, 15) is 17.2 Å². The molecule has 0 spiro atoms. The maximum Gasteiger partial charge on any atom is 0.387 e. The predicted molar refractivity (Wildman–Crippen MR) is 48.6 cm³/mol. The van der Waals surface area contributed by atoms with E-state index in [-0.39, 0.29) is 0 Å². The normalized spacial score (nSPS) is 11.2. The summed E-state index contributed by atoms with van der Waals surface area (Å²) in [5.41, 5.74) is -0.606. The highest BCUT2D eigenvalue weighted by Gasteiger charge is 2.21. The highest BCUT2D eigenvalue weighted by atomic mass is 35.7. The zero-order valence-corrected chi connectivity index (χ0v) is 8.97. The molecule has 1 aromatic rings. The molecule has 1 aromatic heterocycles. The summed E-state index contributed by atoms with van der Waals surface area (Å²) in [6.07, 6.45) is 1.58. The molecule has 0 atom stereocenters. The van der Waals surface area contributed by atoms with Crippen LogP contribution in [0.15, 0.2) is 17.3 Å². The van der Waals surface area contributed by atoms with Crippen molar-refractivity contribution in [2.45, 2.75) is 11.5 Å². The molecule has 1 rings (SSSR count). The van der Waals surface area contributed by atoms with Crippen molar-refractivity contribution in [2.24, 2.45) is 0 Å². The molecule has 0 unspecified atom stereocenters. The lowest BCUT2D eigenvalue weighted by molar-refractivity contribution is -0.0504. The van der Waals surface area contributed by atoms with Gasteiger partial charge in [-0.05, 0) is 0 Å². The Morgan fingerprint density at radius 2 is 2.12 bits per heavy atom. The van der Waals surface area contributed by atoms with E-state index in [0.29, 0.717) is 0 Å². The first kappa shape index (κ1) is 12.6. The van der Waals surface area contributed by atoms with Crippen molar-refractivity contribution >= 4 is 19.7 Å². The molecule has 0 aliphatic heterocycles. The van der Waals surface area contributed by atoms with Crippen molar-refractivity contribution in [3.05, 3.63) is 18.0 Å². The van der Waals surface area contributed by atoms with Crippen LogP contribution in [0.1, 0.15) is 5.56 Å². The lowest BCUT2D eigenvalue weighted by atomic mass is 10.3. The van der Waals surface area contributed by atoms with Crippen LogP contribution in [0.5, 0.6) is 5.75 Å². The van der Waals surface area contributed by atoms with E-state index in [1.807, 2.05) is 0 Å². The SMILES string of the molecule is N#Cc1c(OC(F)F)cncc1S(=O)(=O)Cl. The van der Waals surface area contributed by atoms with Crippen LogP contribution in [0.4, 0.5) is 8.78 Å². The van der Waals surface area contributed by atoms with Gasteiger partial charge in [0.15, 0.2) is 5.75 Å². The number of pyridine rings is 1. The van der Waals surface area contributed by atoms with Gasteiger partial charge in [0.25, 0.3) is 9.05 Å². The van der Waals surface area contributed by atoms with Crippen LogP contribution in [0.25, 0.3) is 0 Å². The van der Waals surface area contributed by atoms with Crippen LogP contribution in [-0.4, -0.2) is 20.0 Å². The molecule has 0 fully saturated rings. The zero-order chi connectivity index (χ0) is 12.3. The molecule has 0 aliphatic carbocycles. The van der Waals surface area contributed by atoms with Crippen LogP contribution >= 0.6 is 10.7 Å². The molecule has 0 N–H and O–H groups in total. The highest BCUT2D eigenvalue weighted by molar-refractivity contribution is 8.13. The molecule has 0 bridgehead atoms. The number of aromatic nitrogens is 1. The number of alkyl halides is 2. The molecule has 9 heteroatoms. The largest absolute Gasteiger partial charge is 0.432 e. The smallest absolute Gasteiger partial charge is 0.387 e. The van der Waals surface area contributed by atoms with Gasteiger partial charge in [-0.2, -0.15) is 14.0 Å². The van der Waals surface area contributed by atoms with Crippen LogP contribution < -0.4 is 4.74 Å². The second kappa shape index (κ2) is 4.59. The Morgan fingerprint density at radius 3 is 2.56 bits per heavy atom. The molecule has 5 nitrogen and oxygen atoms in total. The first-order chi connectivity index (χ1) is 7.36. The minimum atomic E-state index is -4.24. The highest BCUT2D eigenvalue weighted by Crippen LogP contribution is 2.27. The number of ether oxygens (including phenoxy) is 1. The van der Waals surface area contributed by atoms with E-state index in [1.54, 1.807) is 0 Å². The number of nitrogens with zero attached hydrogens (tertiary/aromatic N) is 2. The van der Waals surface area contributed by atoms with Gasteiger partial charge in [-0.25, -0.2) is 8.42 Å². The molecular formula is C7H3ClF2N2O3S. The summed E-state index contributed by atoms with van der Waals surface area (Å²) in [6.45, 7) is -3.19. The minimum absolute atomic E-state index is 0.606. The summed E-state index contributed by atoms with van der Waals surface area (Å²) in [5.74, 6) is -0.640. The van der Waals surface area contributed by atoms with Crippen molar-refractivity contribution in [1.29, 1.82) is 5.26 Å². The number of hydrogen-bond acceptors (Lipinski definition) is 5. The second-order valence-corrected chi connectivity index (χ2v) is 4.97. The molecule has 0 aliphatic rings. The third-order valence-corrected chi connectivity index (χ3v) is 2.80. The van der Waals surface area contributed by atoms with Gasteiger partial charge in [-0.3, -0.25) is 4.98 Å². The lowest BCUT2D eigenvalue weighted by Gasteiger charge is -2.07. The lowest BCUT2D eigenvalue weighted by Crippen LogP contribution is -2.06. The van der Waals surface area contributed by atoms with Crippen molar-refractivity contribution in [1.82, 2.24) is 4.98 Å². The first-order valence-electron chi connectivity index (χ1n) is 3.64. The van der Waals surface area contributed by atoms with Gasteiger partial charge in [0.05, 0.1) is 6.20 Å². The van der Waals surface area contributed by atoms with Gasteiger partial charge < -0.3 is 4.74 Å². The monoisotopic (exact) mass is 268 g/mol. The molecule has 0 amide bonds. The Bertz CT molecular complexity index is 541. The Hall–Kier alpha value is -1.46. The second-order valence-electron chi connectivity index (χ2n) is 2.44. The average Bonchev–Trinajstić information content (AvgIpc) is 2.15. The van der Waals surface area contributed by atoms with Gasteiger partial charge in [0.1, 0.15) is 16.5 Å². The van der Waals surface area contributed by atoms with Gasteiger partial charge in [0.2, 0.25) is 0 Å². The molecule has 0 aromatic carbocycles. The van der Waals surface area contributed by atoms with Gasteiger partial charge in [-0.1, -0.05) is 0 Å². The fourth-order valence-electron chi connectivity index (χ4n) is 0.904. The Balaban J connectivity index is 3.40. The van der Waals surface area contributed by atoms with Crippen molar-refractivity contribution in [3.63, 3.8) is 0 Å². The Labute approximate surface area is 93.7 Å². The van der Waals surface area contributed by atoms with E-state index >= 15 is 0 Å². The summed E-state index contributed by atoms with van der Waals surface area (Å²) in [5, 5.41) is 8.65. The summed E-state index contributed by atoms with van der Waals surface area (Å²) in [7, 11) is 0.748. The van der Waals surface area contributed by atoms with E-state index in [4.69, 9.17) is 15.9 Å². The van der Waals surface area contributed by atoms with Crippen LogP contribution in [0.2, 0.25) is 0 Å². The number of hydrogen-bond donors (Lipinski definition) is 0. The summed E-state index contributed by atoms with van der Waals surface area (Å²) >= 11 is 0. The third kappa shape index (κ3) is 2.77. The first-order valence-corrected chi connectivity index (χ1v) is 5.94. The molecular weight excluding hydrogens is 266 g/mol. The van der Waals surface area contributed by atoms with E-state index in [0.717, 1.165) is 12.4 Å². The van der Waals surface area contributed by atoms with Crippen LogP contribution in [-0.2, 0) is 9.05 Å². The molecule has 0 saturated heterocycles. The summed E-state index contributed by atoms with van der Waals surface area (Å²) in [4.78, 5) is 2.67. The molecule has 1 heterocycles. The van der Waals surface area contributed by atoms with Crippen LogP contribution in [0.3, 0.4) is 0 Å². The van der Waals surface area contributed by atoms with E-state index in [1.165, 1.54) is 6.07 Å². The summed E-state index contributed by atoms with van der Waals surface area (Å²) < 4.78 is 49.7. The average molecular weight is 269 g/mol. The van der Waals surface area contributed by atoms with E-state index < -0.39 is 31.9 Å². The molecule has 0 radical (unpaired) electrons. The Morgan fingerprint density at radius 1 is 1.50 bits per heavy atom. The zero-order valence-electron chi connectivity index (χ0n) is 7.39. The Kier molecular flexibility index (Phi) is 3.62. The topological polar surface area (TPSA) is 80.0 Å². The molecule has 86 valence electrons. The van der Waals surface area contributed by atoms with Crippen molar-refractivity contribution in [3.8, 4) is 11.8 Å². The third-order valence-electron chi connectivity index (χ3n) is 1.47. The molecule has 0 saturated carbocycles. The maximum absolute atomic E-state index is 11.9. The van der Waals surface area contributed by atoms with Crippen LogP contribution in [0, 0.1) is 11.3 Å². The minimum Gasteiger partial charge on any atom is -0.432 e. The van der Waals surface area contributed by atoms with Gasteiger partial charge >= 0.3 is 6.61 Å².